The summed E-state index contributed by atoms with van der Waals surface area (Å²) in [6.45, 7) is 5.86. The molecule has 0 unspecified atom stereocenters. The van der Waals surface area contributed by atoms with Gasteiger partial charge in [-0.25, -0.2) is 0 Å². The Kier molecular flexibility index (Phi) is 3.52. The minimum atomic E-state index is -0.226. The van der Waals surface area contributed by atoms with E-state index < -0.39 is 0 Å². The van der Waals surface area contributed by atoms with Gasteiger partial charge in [-0.3, -0.25) is 4.79 Å². The van der Waals surface area contributed by atoms with E-state index in [2.05, 4.69) is 0 Å². The summed E-state index contributed by atoms with van der Waals surface area (Å²) in [4.78, 5) is 12.2. The van der Waals surface area contributed by atoms with Crippen LogP contribution >= 0.6 is 0 Å². The summed E-state index contributed by atoms with van der Waals surface area (Å²) in [6, 6.07) is 11.7. The van der Waals surface area contributed by atoms with Gasteiger partial charge in [0.2, 0.25) is 0 Å². The van der Waals surface area contributed by atoms with E-state index in [9.17, 15) is 10.1 Å². The molecule has 3 heteroatoms. The average molecular weight is 252 g/mol. The second-order valence-corrected chi connectivity index (χ2v) is 4.89. The fraction of sp³-hybridized carbons (Fsp3) is 0.250. The van der Waals surface area contributed by atoms with Crippen molar-refractivity contribution in [1.29, 1.82) is 5.26 Å². The monoisotopic (exact) mass is 252 g/mol. The van der Waals surface area contributed by atoms with Crippen molar-refractivity contribution >= 4 is 0 Å². The molecule has 0 aliphatic rings. The van der Waals surface area contributed by atoms with Crippen molar-refractivity contribution < 1.29 is 0 Å². The lowest BCUT2D eigenvalue weighted by Gasteiger charge is -2.12. The first-order valence-electron chi connectivity index (χ1n) is 6.27. The lowest BCUT2D eigenvalue weighted by atomic mass is 10.0. The van der Waals surface area contributed by atoms with Crippen molar-refractivity contribution in [3.63, 3.8) is 0 Å². The van der Waals surface area contributed by atoms with E-state index in [0.717, 1.165) is 11.1 Å². The van der Waals surface area contributed by atoms with Gasteiger partial charge >= 0.3 is 0 Å². The molecule has 0 amide bonds. The van der Waals surface area contributed by atoms with Gasteiger partial charge in [-0.15, -0.1) is 0 Å². The highest BCUT2D eigenvalue weighted by atomic mass is 16.1. The standard InChI is InChI=1S/C16H16N2O/c1-11(2)18-9-8-14(15(10-17)16(18)19)13-6-4-12(3)5-7-13/h4-9,11H,1-3H3. The number of hydrogen-bond acceptors (Lipinski definition) is 2. The first-order valence-corrected chi connectivity index (χ1v) is 6.27. The Morgan fingerprint density at radius 3 is 2.32 bits per heavy atom. The Morgan fingerprint density at radius 1 is 1.16 bits per heavy atom. The predicted octanol–water partition coefficient (Wildman–Crippen LogP) is 3.28. The Hall–Kier alpha value is -2.34. The van der Waals surface area contributed by atoms with Crippen molar-refractivity contribution in [3.8, 4) is 17.2 Å². The molecule has 2 rings (SSSR count). The number of aromatic nitrogens is 1. The molecule has 19 heavy (non-hydrogen) atoms. The third-order valence-corrected chi connectivity index (χ3v) is 3.15. The molecule has 1 heterocycles. The van der Waals surface area contributed by atoms with Gasteiger partial charge in [-0.05, 0) is 32.4 Å². The van der Waals surface area contributed by atoms with Crippen LogP contribution in [0.4, 0.5) is 0 Å². The van der Waals surface area contributed by atoms with Crippen molar-refractivity contribution in [2.75, 3.05) is 0 Å². The summed E-state index contributed by atoms with van der Waals surface area (Å²) in [5.74, 6) is 0. The first-order chi connectivity index (χ1) is 9.04. The van der Waals surface area contributed by atoms with Crippen LogP contribution in [0.1, 0.15) is 31.0 Å². The Balaban J connectivity index is 2.66. The van der Waals surface area contributed by atoms with Crippen molar-refractivity contribution in [3.05, 3.63) is 58.0 Å². The van der Waals surface area contributed by atoms with Crippen LogP contribution in [-0.4, -0.2) is 4.57 Å². The molecule has 3 nitrogen and oxygen atoms in total. The summed E-state index contributed by atoms with van der Waals surface area (Å²) >= 11 is 0. The number of pyridine rings is 1. The molecule has 2 aromatic rings. The van der Waals surface area contributed by atoms with Crippen LogP contribution in [0.2, 0.25) is 0 Å². The second-order valence-electron chi connectivity index (χ2n) is 4.89. The minimum absolute atomic E-state index is 0.0478. The Bertz CT molecular complexity index is 688. The molecule has 0 aliphatic heterocycles. The minimum Gasteiger partial charge on any atom is -0.312 e. The van der Waals surface area contributed by atoms with E-state index in [-0.39, 0.29) is 17.2 Å². The van der Waals surface area contributed by atoms with Gasteiger partial charge < -0.3 is 4.57 Å². The zero-order valence-corrected chi connectivity index (χ0v) is 11.3. The van der Waals surface area contributed by atoms with Gasteiger partial charge in [0.15, 0.2) is 0 Å². The van der Waals surface area contributed by atoms with Crippen molar-refractivity contribution in [2.24, 2.45) is 0 Å². The largest absolute Gasteiger partial charge is 0.312 e. The number of nitriles is 1. The van der Waals surface area contributed by atoms with Crippen LogP contribution in [0.5, 0.6) is 0 Å². The number of hydrogen-bond donors (Lipinski definition) is 0. The summed E-state index contributed by atoms with van der Waals surface area (Å²) in [5.41, 5.74) is 2.73. The maximum Gasteiger partial charge on any atom is 0.269 e. The molecule has 0 fully saturated rings. The Morgan fingerprint density at radius 2 is 1.79 bits per heavy atom. The van der Waals surface area contributed by atoms with E-state index in [1.54, 1.807) is 10.8 Å². The van der Waals surface area contributed by atoms with Crippen molar-refractivity contribution in [1.82, 2.24) is 4.57 Å². The molecule has 1 aromatic carbocycles. The van der Waals surface area contributed by atoms with Gasteiger partial charge in [-0.1, -0.05) is 29.8 Å². The summed E-state index contributed by atoms with van der Waals surface area (Å²) in [5, 5.41) is 9.26. The highest BCUT2D eigenvalue weighted by molar-refractivity contribution is 5.69. The molecule has 0 N–H and O–H groups in total. The van der Waals surface area contributed by atoms with Crippen LogP contribution in [-0.2, 0) is 0 Å². The Labute approximate surface area is 112 Å². The zero-order chi connectivity index (χ0) is 14.0. The average Bonchev–Trinajstić information content (AvgIpc) is 2.38. The van der Waals surface area contributed by atoms with Crippen LogP contribution in [0.15, 0.2) is 41.3 Å². The highest BCUT2D eigenvalue weighted by Gasteiger charge is 2.12. The molecular weight excluding hydrogens is 236 g/mol. The normalized spacial score (nSPS) is 10.5. The molecular formula is C16H16N2O. The molecule has 96 valence electrons. The molecule has 1 aromatic heterocycles. The fourth-order valence-electron chi connectivity index (χ4n) is 2.04. The van der Waals surface area contributed by atoms with Crippen molar-refractivity contribution in [2.45, 2.75) is 26.8 Å². The third-order valence-electron chi connectivity index (χ3n) is 3.15. The molecule has 0 bridgehead atoms. The van der Waals surface area contributed by atoms with Crippen LogP contribution in [0.25, 0.3) is 11.1 Å². The number of nitrogens with zero attached hydrogens (tertiary/aromatic N) is 2. The van der Waals surface area contributed by atoms with E-state index in [1.165, 1.54) is 0 Å². The SMILES string of the molecule is Cc1ccc(-c2ccn(C(C)C)c(=O)c2C#N)cc1. The number of benzene rings is 1. The van der Waals surface area contributed by atoms with Gasteiger partial charge in [0.05, 0.1) is 0 Å². The van der Waals surface area contributed by atoms with Crippen LogP contribution in [0, 0.1) is 18.3 Å². The lowest BCUT2D eigenvalue weighted by molar-refractivity contribution is 0.577. The maximum absolute atomic E-state index is 12.2. The summed E-state index contributed by atoms with van der Waals surface area (Å²) < 4.78 is 1.58. The second kappa shape index (κ2) is 5.11. The number of aryl methyl sites for hydroxylation is 1. The van der Waals surface area contributed by atoms with Gasteiger partial charge in [0.1, 0.15) is 11.6 Å². The molecule has 0 atom stereocenters. The summed E-state index contributed by atoms with van der Waals surface area (Å²) in [6.07, 6.45) is 1.75. The van der Waals surface area contributed by atoms with E-state index in [4.69, 9.17) is 0 Å². The summed E-state index contributed by atoms with van der Waals surface area (Å²) in [7, 11) is 0. The quantitative estimate of drug-likeness (QED) is 0.823. The maximum atomic E-state index is 12.2. The van der Waals surface area contributed by atoms with E-state index >= 15 is 0 Å². The molecule has 0 radical (unpaired) electrons. The van der Waals surface area contributed by atoms with Gasteiger partial charge in [0.25, 0.3) is 5.56 Å². The smallest absolute Gasteiger partial charge is 0.269 e. The van der Waals surface area contributed by atoms with Crippen LogP contribution < -0.4 is 5.56 Å². The third kappa shape index (κ3) is 2.43. The topological polar surface area (TPSA) is 45.8 Å². The molecule has 0 saturated carbocycles. The molecule has 0 aliphatic carbocycles. The number of rotatable bonds is 2. The molecule has 0 saturated heterocycles. The first kappa shape index (κ1) is 13.1. The predicted molar refractivity (Wildman–Crippen MR) is 76.0 cm³/mol. The highest BCUT2D eigenvalue weighted by Crippen LogP contribution is 2.22. The van der Waals surface area contributed by atoms with Gasteiger partial charge in [0, 0.05) is 17.8 Å². The fourth-order valence-corrected chi connectivity index (χ4v) is 2.04. The van der Waals surface area contributed by atoms with E-state index in [1.807, 2.05) is 57.2 Å². The molecule has 0 spiro atoms. The van der Waals surface area contributed by atoms with E-state index in [0.29, 0.717) is 5.56 Å². The van der Waals surface area contributed by atoms with Crippen LogP contribution in [0.3, 0.4) is 0 Å². The zero-order valence-electron chi connectivity index (χ0n) is 11.3. The van der Waals surface area contributed by atoms with Gasteiger partial charge in [-0.2, -0.15) is 5.26 Å². The lowest BCUT2D eigenvalue weighted by Crippen LogP contribution is -2.24.